The fourth-order valence-corrected chi connectivity index (χ4v) is 4.22. The number of hydrogen-bond donors (Lipinski definition) is 1. The predicted molar refractivity (Wildman–Crippen MR) is 106 cm³/mol. The van der Waals surface area contributed by atoms with E-state index in [2.05, 4.69) is 31.2 Å². The number of aryl methyl sites for hydroxylation is 1. The van der Waals surface area contributed by atoms with Crippen LogP contribution in [0.3, 0.4) is 0 Å². The second-order valence-electron chi connectivity index (χ2n) is 7.79. The monoisotopic (exact) mass is 392 g/mol. The molecule has 0 unspecified atom stereocenters. The lowest BCUT2D eigenvalue weighted by molar-refractivity contribution is -0.116. The van der Waals surface area contributed by atoms with Crippen LogP contribution in [0.25, 0.3) is 0 Å². The molecular weight excluding hydrogens is 364 g/mol. The first-order valence-electron chi connectivity index (χ1n) is 8.71. The Bertz CT molecular complexity index is 954. The first-order chi connectivity index (χ1) is 12.4. The van der Waals surface area contributed by atoms with Gasteiger partial charge in [-0.1, -0.05) is 39.0 Å². The maximum atomic E-state index is 12.6. The van der Waals surface area contributed by atoms with Gasteiger partial charge in [-0.05, 0) is 30.9 Å². The number of aromatic nitrogens is 2. The van der Waals surface area contributed by atoms with Crippen molar-refractivity contribution in [3.05, 3.63) is 41.2 Å². The highest BCUT2D eigenvalue weighted by atomic mass is 32.2. The summed E-state index contributed by atoms with van der Waals surface area (Å²) in [5, 5.41) is 7.19. The molecule has 0 saturated heterocycles. The molecule has 27 heavy (non-hydrogen) atoms. The summed E-state index contributed by atoms with van der Waals surface area (Å²) in [5.74, 6) is -0.258. The molecule has 1 heterocycles. The molecule has 8 heteroatoms. The van der Waals surface area contributed by atoms with E-state index in [1.165, 1.54) is 18.8 Å². The number of nitrogens with one attached hydrogen (secondary N) is 1. The Kier molecular flexibility index (Phi) is 5.82. The lowest BCUT2D eigenvalue weighted by atomic mass is 9.86. The van der Waals surface area contributed by atoms with E-state index < -0.39 is 10.0 Å². The summed E-state index contributed by atoms with van der Waals surface area (Å²) in [7, 11) is -0.672. The van der Waals surface area contributed by atoms with E-state index in [1.54, 1.807) is 13.8 Å². The van der Waals surface area contributed by atoms with Gasteiger partial charge in [-0.15, -0.1) is 0 Å². The summed E-state index contributed by atoms with van der Waals surface area (Å²) in [6.07, 6.45) is 0. The topological polar surface area (TPSA) is 84.3 Å². The van der Waals surface area contributed by atoms with Crippen molar-refractivity contribution >= 4 is 21.6 Å². The van der Waals surface area contributed by atoms with Crippen LogP contribution in [0, 0.1) is 13.8 Å². The maximum absolute atomic E-state index is 12.6. The van der Waals surface area contributed by atoms with Gasteiger partial charge in [-0.25, -0.2) is 12.7 Å². The summed E-state index contributed by atoms with van der Waals surface area (Å²) < 4.78 is 27.6. The molecule has 0 atom stereocenters. The number of sulfonamides is 1. The van der Waals surface area contributed by atoms with E-state index in [-0.39, 0.29) is 22.8 Å². The molecule has 1 N–H and O–H groups in total. The number of amides is 1. The molecule has 148 valence electrons. The van der Waals surface area contributed by atoms with Crippen molar-refractivity contribution in [2.45, 2.75) is 51.5 Å². The zero-order valence-corrected chi connectivity index (χ0v) is 17.8. The standard InChI is InChI=1S/C19H28N4O3S/c1-13-18(27(25,26)22(6)7)14(2)23(21-13)12-17(24)20-16-11-9-8-10-15(16)19(3,4)5/h8-11H,12H2,1-7H3,(H,20,24). The second kappa shape index (κ2) is 7.44. The quantitative estimate of drug-likeness (QED) is 0.848. The number of carbonyl (C=O) groups excluding carboxylic acids is 1. The largest absolute Gasteiger partial charge is 0.324 e. The van der Waals surface area contributed by atoms with Gasteiger partial charge in [-0.3, -0.25) is 9.48 Å². The molecule has 1 aromatic heterocycles. The molecule has 0 spiro atoms. The van der Waals surface area contributed by atoms with E-state index in [1.807, 2.05) is 24.3 Å². The highest BCUT2D eigenvalue weighted by molar-refractivity contribution is 7.89. The zero-order valence-electron chi connectivity index (χ0n) is 17.0. The number of anilines is 1. The van der Waals surface area contributed by atoms with E-state index in [0.29, 0.717) is 11.4 Å². The van der Waals surface area contributed by atoms with Gasteiger partial charge in [0.05, 0.1) is 11.4 Å². The molecule has 0 aliphatic heterocycles. The number of benzene rings is 1. The summed E-state index contributed by atoms with van der Waals surface area (Å²) in [5.41, 5.74) is 2.49. The van der Waals surface area contributed by atoms with Gasteiger partial charge in [-0.2, -0.15) is 5.10 Å². The smallest absolute Gasteiger partial charge is 0.246 e. The fraction of sp³-hybridized carbons (Fsp3) is 0.474. The Hall–Kier alpha value is -2.19. The van der Waals surface area contributed by atoms with Gasteiger partial charge in [0, 0.05) is 19.8 Å². The summed E-state index contributed by atoms with van der Waals surface area (Å²) in [4.78, 5) is 12.7. The molecule has 0 radical (unpaired) electrons. The average molecular weight is 393 g/mol. The molecule has 7 nitrogen and oxygen atoms in total. The number of rotatable bonds is 5. The molecule has 0 aliphatic carbocycles. The number of hydrogen-bond acceptors (Lipinski definition) is 4. The Labute approximate surface area is 161 Å². The van der Waals surface area contributed by atoms with Crippen LogP contribution in [0.2, 0.25) is 0 Å². The van der Waals surface area contributed by atoms with Crippen LogP contribution in [0.4, 0.5) is 5.69 Å². The van der Waals surface area contributed by atoms with Crippen LogP contribution >= 0.6 is 0 Å². The highest BCUT2D eigenvalue weighted by Gasteiger charge is 2.27. The molecule has 1 amide bonds. The van der Waals surface area contributed by atoms with Gasteiger partial charge >= 0.3 is 0 Å². The van der Waals surface area contributed by atoms with Crippen molar-refractivity contribution in [2.24, 2.45) is 0 Å². The van der Waals surface area contributed by atoms with Crippen LogP contribution < -0.4 is 5.32 Å². The Morgan fingerprint density at radius 3 is 2.33 bits per heavy atom. The predicted octanol–water partition coefficient (Wildman–Crippen LogP) is 2.69. The second-order valence-corrected chi connectivity index (χ2v) is 9.88. The van der Waals surface area contributed by atoms with Gasteiger partial charge < -0.3 is 5.32 Å². The summed E-state index contributed by atoms with van der Waals surface area (Å²) >= 11 is 0. The van der Waals surface area contributed by atoms with Crippen LogP contribution in [-0.2, 0) is 26.8 Å². The van der Waals surface area contributed by atoms with Crippen molar-refractivity contribution in [1.82, 2.24) is 14.1 Å². The van der Waals surface area contributed by atoms with E-state index in [4.69, 9.17) is 0 Å². The van der Waals surface area contributed by atoms with Gasteiger partial charge in [0.25, 0.3) is 0 Å². The lowest BCUT2D eigenvalue weighted by Gasteiger charge is -2.23. The van der Waals surface area contributed by atoms with Crippen molar-refractivity contribution in [3.63, 3.8) is 0 Å². The lowest BCUT2D eigenvalue weighted by Crippen LogP contribution is -2.24. The summed E-state index contributed by atoms with van der Waals surface area (Å²) in [6, 6.07) is 7.66. The third kappa shape index (κ3) is 4.39. The normalized spacial score (nSPS) is 12.4. The molecule has 0 fully saturated rings. The molecule has 2 rings (SSSR count). The van der Waals surface area contributed by atoms with E-state index in [0.717, 1.165) is 15.6 Å². The van der Waals surface area contributed by atoms with E-state index >= 15 is 0 Å². The van der Waals surface area contributed by atoms with Crippen LogP contribution in [-0.4, -0.2) is 42.5 Å². The van der Waals surface area contributed by atoms with Gasteiger partial charge in [0.15, 0.2) is 0 Å². The first-order valence-corrected chi connectivity index (χ1v) is 10.2. The minimum atomic E-state index is -3.62. The van der Waals surface area contributed by atoms with Crippen molar-refractivity contribution in [2.75, 3.05) is 19.4 Å². The Balaban J connectivity index is 2.29. The number of nitrogens with zero attached hydrogens (tertiary/aromatic N) is 3. The SMILES string of the molecule is Cc1nn(CC(=O)Nc2ccccc2C(C)(C)C)c(C)c1S(=O)(=O)N(C)C. The van der Waals surface area contributed by atoms with E-state index in [9.17, 15) is 13.2 Å². The minimum absolute atomic E-state index is 0.0614. The number of carbonyl (C=O) groups is 1. The van der Waals surface area contributed by atoms with Crippen LogP contribution in [0.15, 0.2) is 29.2 Å². The Morgan fingerprint density at radius 2 is 1.78 bits per heavy atom. The molecule has 2 aromatic rings. The minimum Gasteiger partial charge on any atom is -0.324 e. The van der Waals surface area contributed by atoms with Crippen LogP contribution in [0.1, 0.15) is 37.7 Å². The molecule has 0 aliphatic rings. The maximum Gasteiger partial charge on any atom is 0.246 e. The van der Waals surface area contributed by atoms with Crippen molar-refractivity contribution < 1.29 is 13.2 Å². The zero-order chi connectivity index (χ0) is 20.6. The average Bonchev–Trinajstić information content (AvgIpc) is 2.80. The molecular formula is C19H28N4O3S. The third-order valence-corrected chi connectivity index (χ3v) is 6.42. The van der Waals surface area contributed by atoms with Crippen molar-refractivity contribution in [1.29, 1.82) is 0 Å². The van der Waals surface area contributed by atoms with Crippen molar-refractivity contribution in [3.8, 4) is 0 Å². The molecule has 0 saturated carbocycles. The molecule has 0 bridgehead atoms. The highest BCUT2D eigenvalue weighted by Crippen LogP contribution is 2.29. The Morgan fingerprint density at radius 1 is 1.19 bits per heavy atom. The summed E-state index contributed by atoms with van der Waals surface area (Å²) in [6.45, 7) is 9.47. The number of para-hydroxylation sites is 1. The van der Waals surface area contributed by atoms with Crippen LogP contribution in [0.5, 0.6) is 0 Å². The molecule has 1 aromatic carbocycles. The first kappa shape index (κ1) is 21.1. The fourth-order valence-electron chi connectivity index (χ4n) is 2.96. The van der Waals surface area contributed by atoms with Gasteiger partial charge in [0.1, 0.15) is 11.4 Å². The van der Waals surface area contributed by atoms with Gasteiger partial charge in [0.2, 0.25) is 15.9 Å². The third-order valence-electron chi connectivity index (χ3n) is 4.36.